The highest BCUT2D eigenvalue weighted by molar-refractivity contribution is 7.90. The molecule has 5 heteroatoms. The van der Waals surface area contributed by atoms with E-state index in [0.29, 0.717) is 6.54 Å². The zero-order valence-corrected chi connectivity index (χ0v) is 12.3. The Morgan fingerprint density at radius 1 is 1.18 bits per heavy atom. The Balaban J connectivity index is 2.69. The maximum Gasteiger partial charge on any atom is 0.213 e. The van der Waals surface area contributed by atoms with E-state index in [1.54, 1.807) is 13.8 Å². The molecule has 0 spiro atoms. The highest BCUT2D eigenvalue weighted by Crippen LogP contribution is 2.31. The first-order valence-corrected chi connectivity index (χ1v) is 8.01. The number of nitrogens with zero attached hydrogens (tertiary/aromatic N) is 1. The van der Waals surface area contributed by atoms with Crippen LogP contribution >= 0.6 is 0 Å². The molecule has 1 aliphatic carbocycles. The van der Waals surface area contributed by atoms with Crippen LogP contribution in [-0.2, 0) is 10.0 Å². The monoisotopic (exact) mass is 262 g/mol. The third-order valence-corrected chi connectivity index (χ3v) is 5.74. The van der Waals surface area contributed by atoms with Crippen LogP contribution in [0.2, 0.25) is 0 Å². The predicted molar refractivity (Wildman–Crippen MR) is 71.6 cm³/mol. The van der Waals surface area contributed by atoms with Crippen molar-refractivity contribution >= 4 is 10.0 Å². The Kier molecular flexibility index (Phi) is 4.98. The van der Waals surface area contributed by atoms with Gasteiger partial charge in [-0.05, 0) is 40.8 Å². The molecule has 4 nitrogen and oxygen atoms in total. The van der Waals surface area contributed by atoms with Crippen LogP contribution in [0.3, 0.4) is 0 Å². The highest BCUT2D eigenvalue weighted by Gasteiger charge is 2.35. The average Bonchev–Trinajstić information content (AvgIpc) is 2.27. The minimum absolute atomic E-state index is 0.0141. The first-order valence-electron chi connectivity index (χ1n) is 6.46. The van der Waals surface area contributed by atoms with E-state index in [4.69, 9.17) is 0 Å². The molecule has 0 saturated heterocycles. The summed E-state index contributed by atoms with van der Waals surface area (Å²) in [6.45, 7) is 3.97. The summed E-state index contributed by atoms with van der Waals surface area (Å²) < 4.78 is 26.4. The Morgan fingerprint density at radius 3 is 2.12 bits per heavy atom. The highest BCUT2D eigenvalue weighted by atomic mass is 32.2. The second-order valence-electron chi connectivity index (χ2n) is 5.59. The van der Waals surface area contributed by atoms with Crippen LogP contribution in [0, 0.1) is 0 Å². The third-order valence-electron chi connectivity index (χ3n) is 3.96. The minimum atomic E-state index is -3.15. The fourth-order valence-electron chi connectivity index (χ4n) is 2.39. The molecule has 0 aliphatic heterocycles. The largest absolute Gasteiger partial charge is 0.302 e. The molecule has 0 heterocycles. The number of hydrogen-bond donors (Lipinski definition) is 1. The SMILES string of the molecule is CC(C)S(=O)(=O)NCC1(N(C)C)CCCCC1. The first-order chi connectivity index (χ1) is 7.80. The lowest BCUT2D eigenvalue weighted by molar-refractivity contribution is 0.105. The second kappa shape index (κ2) is 5.67. The smallest absolute Gasteiger partial charge is 0.213 e. The fourth-order valence-corrected chi connectivity index (χ4v) is 3.20. The summed E-state index contributed by atoms with van der Waals surface area (Å²) in [5.41, 5.74) is 0.0141. The molecule has 1 fully saturated rings. The Bertz CT molecular complexity index is 330. The molecule has 0 bridgehead atoms. The van der Waals surface area contributed by atoms with Gasteiger partial charge in [0.25, 0.3) is 0 Å². The van der Waals surface area contributed by atoms with Gasteiger partial charge in [-0.2, -0.15) is 0 Å². The van der Waals surface area contributed by atoms with Gasteiger partial charge in [0.1, 0.15) is 0 Å². The molecule has 0 atom stereocenters. The summed E-state index contributed by atoms with van der Waals surface area (Å²) in [5, 5.41) is -0.356. The maximum atomic E-state index is 11.8. The van der Waals surface area contributed by atoms with Crippen LogP contribution in [0.4, 0.5) is 0 Å². The van der Waals surface area contributed by atoms with E-state index in [1.165, 1.54) is 19.3 Å². The average molecular weight is 262 g/mol. The summed E-state index contributed by atoms with van der Waals surface area (Å²) in [7, 11) is 0.955. The van der Waals surface area contributed by atoms with E-state index < -0.39 is 10.0 Å². The molecule has 0 amide bonds. The maximum absolute atomic E-state index is 11.8. The molecule has 0 unspecified atom stereocenters. The van der Waals surface area contributed by atoms with Gasteiger partial charge >= 0.3 is 0 Å². The van der Waals surface area contributed by atoms with Crippen LogP contribution in [-0.4, -0.2) is 44.7 Å². The van der Waals surface area contributed by atoms with E-state index in [1.807, 2.05) is 0 Å². The normalized spacial score (nSPS) is 21.1. The van der Waals surface area contributed by atoms with Crippen molar-refractivity contribution in [2.24, 2.45) is 0 Å². The van der Waals surface area contributed by atoms with E-state index in [-0.39, 0.29) is 10.8 Å². The summed E-state index contributed by atoms with van der Waals surface area (Å²) in [6, 6.07) is 0. The van der Waals surface area contributed by atoms with Crippen LogP contribution in [0.5, 0.6) is 0 Å². The fraction of sp³-hybridized carbons (Fsp3) is 1.00. The van der Waals surface area contributed by atoms with Gasteiger partial charge in [0.15, 0.2) is 0 Å². The molecular formula is C12H26N2O2S. The molecule has 0 aromatic heterocycles. The van der Waals surface area contributed by atoms with Crippen molar-refractivity contribution in [1.82, 2.24) is 9.62 Å². The zero-order valence-electron chi connectivity index (χ0n) is 11.5. The molecule has 102 valence electrons. The van der Waals surface area contributed by atoms with Crippen LogP contribution < -0.4 is 4.72 Å². The molecule has 0 aromatic carbocycles. The van der Waals surface area contributed by atoms with Crippen LogP contribution in [0.25, 0.3) is 0 Å². The van der Waals surface area contributed by atoms with Gasteiger partial charge in [-0.25, -0.2) is 13.1 Å². The van der Waals surface area contributed by atoms with Crippen molar-refractivity contribution in [1.29, 1.82) is 0 Å². The number of nitrogens with one attached hydrogen (secondary N) is 1. The lowest BCUT2D eigenvalue weighted by Crippen LogP contribution is -2.54. The molecule has 1 aliphatic rings. The molecule has 17 heavy (non-hydrogen) atoms. The summed E-state index contributed by atoms with van der Waals surface area (Å²) in [5.74, 6) is 0. The Hall–Kier alpha value is -0.130. The van der Waals surface area contributed by atoms with Crippen LogP contribution in [0.15, 0.2) is 0 Å². The van der Waals surface area contributed by atoms with Crippen molar-refractivity contribution < 1.29 is 8.42 Å². The number of sulfonamides is 1. The van der Waals surface area contributed by atoms with Crippen molar-refractivity contribution in [3.8, 4) is 0 Å². The standard InChI is InChI=1S/C12H26N2O2S/c1-11(2)17(15,16)13-10-12(14(3)4)8-6-5-7-9-12/h11,13H,5-10H2,1-4H3. The molecule has 1 N–H and O–H groups in total. The van der Waals surface area contributed by atoms with Crippen molar-refractivity contribution in [2.75, 3.05) is 20.6 Å². The molecule has 0 radical (unpaired) electrons. The van der Waals surface area contributed by atoms with Gasteiger partial charge in [0, 0.05) is 12.1 Å². The van der Waals surface area contributed by atoms with Gasteiger partial charge in [0.05, 0.1) is 5.25 Å². The molecule has 1 saturated carbocycles. The van der Waals surface area contributed by atoms with Gasteiger partial charge < -0.3 is 4.90 Å². The number of likely N-dealkylation sites (N-methyl/N-ethyl adjacent to an activating group) is 1. The first kappa shape index (κ1) is 14.9. The van der Waals surface area contributed by atoms with Gasteiger partial charge in [-0.1, -0.05) is 19.3 Å². The topological polar surface area (TPSA) is 49.4 Å². The van der Waals surface area contributed by atoms with Crippen molar-refractivity contribution in [3.05, 3.63) is 0 Å². The van der Waals surface area contributed by atoms with Gasteiger partial charge in [0.2, 0.25) is 10.0 Å². The van der Waals surface area contributed by atoms with Crippen LogP contribution in [0.1, 0.15) is 46.0 Å². The predicted octanol–water partition coefficient (Wildman–Crippen LogP) is 1.58. The molecule has 1 rings (SSSR count). The summed E-state index contributed by atoms with van der Waals surface area (Å²) in [4.78, 5) is 2.19. The van der Waals surface area contributed by atoms with Gasteiger partial charge in [-0.15, -0.1) is 0 Å². The van der Waals surface area contributed by atoms with E-state index in [9.17, 15) is 8.42 Å². The lowest BCUT2D eigenvalue weighted by atomic mass is 9.81. The van der Waals surface area contributed by atoms with E-state index in [2.05, 4.69) is 23.7 Å². The summed E-state index contributed by atoms with van der Waals surface area (Å²) >= 11 is 0. The van der Waals surface area contributed by atoms with Crippen molar-refractivity contribution in [2.45, 2.75) is 56.7 Å². The van der Waals surface area contributed by atoms with Crippen molar-refractivity contribution in [3.63, 3.8) is 0 Å². The quantitative estimate of drug-likeness (QED) is 0.818. The zero-order chi connectivity index (χ0) is 13.1. The van der Waals surface area contributed by atoms with Gasteiger partial charge in [-0.3, -0.25) is 0 Å². The Labute approximate surface area is 106 Å². The Morgan fingerprint density at radius 2 is 1.71 bits per heavy atom. The van der Waals surface area contributed by atoms with E-state index >= 15 is 0 Å². The third kappa shape index (κ3) is 3.66. The van der Waals surface area contributed by atoms with E-state index in [0.717, 1.165) is 12.8 Å². The summed E-state index contributed by atoms with van der Waals surface area (Å²) in [6.07, 6.45) is 5.83. The second-order valence-corrected chi connectivity index (χ2v) is 7.92. The molecular weight excluding hydrogens is 236 g/mol. The number of rotatable bonds is 5. The minimum Gasteiger partial charge on any atom is -0.302 e. The molecule has 0 aromatic rings. The lowest BCUT2D eigenvalue weighted by Gasteiger charge is -2.43. The number of hydrogen-bond acceptors (Lipinski definition) is 3.